The fourth-order valence-corrected chi connectivity index (χ4v) is 2.02. The van der Waals surface area contributed by atoms with Crippen LogP contribution >= 0.6 is 0 Å². The lowest BCUT2D eigenvalue weighted by atomic mass is 10.3. The van der Waals surface area contributed by atoms with Crippen LogP contribution in [-0.2, 0) is 9.84 Å². The van der Waals surface area contributed by atoms with E-state index in [-0.39, 0.29) is 17.4 Å². The highest BCUT2D eigenvalue weighted by molar-refractivity contribution is 7.91. The summed E-state index contributed by atoms with van der Waals surface area (Å²) in [6.45, 7) is 1.61. The van der Waals surface area contributed by atoms with Crippen LogP contribution < -0.4 is 0 Å². The molecule has 0 radical (unpaired) electrons. The molecule has 11 heavy (non-hydrogen) atoms. The predicted molar refractivity (Wildman–Crippen MR) is 43.1 cm³/mol. The molecular formula is C7H14O3S. The van der Waals surface area contributed by atoms with E-state index in [0.29, 0.717) is 0 Å². The highest BCUT2D eigenvalue weighted by Crippen LogP contribution is 2.33. The molecule has 1 atom stereocenters. The summed E-state index contributed by atoms with van der Waals surface area (Å²) in [5.41, 5.74) is 0. The minimum Gasteiger partial charge on any atom is -0.392 e. The third-order valence-electron chi connectivity index (χ3n) is 2.03. The fraction of sp³-hybridized carbons (Fsp3) is 1.00. The Balaban J connectivity index is 2.40. The van der Waals surface area contributed by atoms with Crippen LogP contribution in [0.4, 0.5) is 0 Å². The number of aliphatic hydroxyl groups excluding tert-OH is 1. The topological polar surface area (TPSA) is 54.4 Å². The minimum absolute atomic E-state index is 0.0475. The van der Waals surface area contributed by atoms with Crippen LogP contribution in [0.3, 0.4) is 0 Å². The summed E-state index contributed by atoms with van der Waals surface area (Å²) in [7, 11) is -2.97. The summed E-state index contributed by atoms with van der Waals surface area (Å²) in [4.78, 5) is 0. The van der Waals surface area contributed by atoms with Gasteiger partial charge in [0, 0.05) is 5.75 Å². The van der Waals surface area contributed by atoms with E-state index in [1.165, 1.54) is 0 Å². The van der Waals surface area contributed by atoms with E-state index >= 15 is 0 Å². The molecule has 1 aliphatic carbocycles. The highest BCUT2D eigenvalue weighted by Gasteiger charge is 2.32. The first-order valence-electron chi connectivity index (χ1n) is 3.93. The van der Waals surface area contributed by atoms with E-state index in [9.17, 15) is 13.5 Å². The molecule has 0 aromatic rings. The molecular weight excluding hydrogens is 164 g/mol. The van der Waals surface area contributed by atoms with E-state index in [4.69, 9.17) is 0 Å². The lowest BCUT2D eigenvalue weighted by molar-refractivity contribution is 0.174. The van der Waals surface area contributed by atoms with E-state index in [1.807, 2.05) is 0 Å². The summed E-state index contributed by atoms with van der Waals surface area (Å²) >= 11 is 0. The first-order valence-corrected chi connectivity index (χ1v) is 5.76. The van der Waals surface area contributed by atoms with Gasteiger partial charge in [0.2, 0.25) is 0 Å². The van der Waals surface area contributed by atoms with Gasteiger partial charge in [0.1, 0.15) is 0 Å². The minimum atomic E-state index is -2.97. The van der Waals surface area contributed by atoms with Crippen LogP contribution in [-0.4, -0.2) is 31.1 Å². The third kappa shape index (κ3) is 2.79. The van der Waals surface area contributed by atoms with Crippen molar-refractivity contribution in [2.24, 2.45) is 5.92 Å². The Kier molecular flexibility index (Phi) is 2.54. The number of hydrogen-bond acceptors (Lipinski definition) is 3. The number of hydrogen-bond donors (Lipinski definition) is 1. The van der Waals surface area contributed by atoms with Crippen molar-refractivity contribution in [2.45, 2.75) is 25.9 Å². The zero-order valence-corrected chi connectivity index (χ0v) is 7.47. The van der Waals surface area contributed by atoms with E-state index in [1.54, 1.807) is 6.92 Å². The van der Waals surface area contributed by atoms with Crippen molar-refractivity contribution in [1.82, 2.24) is 0 Å². The molecule has 1 saturated carbocycles. The van der Waals surface area contributed by atoms with Crippen molar-refractivity contribution >= 4 is 9.84 Å². The molecule has 0 aromatic heterocycles. The van der Waals surface area contributed by atoms with Gasteiger partial charge in [-0.25, -0.2) is 8.42 Å². The quantitative estimate of drug-likeness (QED) is 0.668. The second kappa shape index (κ2) is 3.11. The zero-order chi connectivity index (χ0) is 8.48. The van der Waals surface area contributed by atoms with Crippen molar-refractivity contribution in [1.29, 1.82) is 0 Å². The van der Waals surface area contributed by atoms with E-state index in [2.05, 4.69) is 0 Å². The molecule has 4 heteroatoms. The van der Waals surface area contributed by atoms with Crippen molar-refractivity contribution in [2.75, 3.05) is 11.5 Å². The molecule has 1 fully saturated rings. The third-order valence-corrected chi connectivity index (χ3v) is 3.76. The number of aliphatic hydroxyl groups is 1. The summed E-state index contributed by atoms with van der Waals surface area (Å²) < 4.78 is 22.0. The lowest BCUT2D eigenvalue weighted by Crippen LogP contribution is -2.23. The SMILES string of the molecule is CCS(=O)(=O)CC(O)C1CC1. The van der Waals surface area contributed by atoms with Gasteiger partial charge in [-0.05, 0) is 18.8 Å². The maximum absolute atomic E-state index is 11.0. The lowest BCUT2D eigenvalue weighted by Gasteiger charge is -2.07. The Morgan fingerprint density at radius 1 is 1.55 bits per heavy atom. The van der Waals surface area contributed by atoms with Crippen LogP contribution in [0.5, 0.6) is 0 Å². The van der Waals surface area contributed by atoms with Crippen LogP contribution in [0.2, 0.25) is 0 Å². The van der Waals surface area contributed by atoms with Crippen molar-refractivity contribution in [3.8, 4) is 0 Å². The highest BCUT2D eigenvalue weighted by atomic mass is 32.2. The summed E-state index contributed by atoms with van der Waals surface area (Å²) in [5, 5.41) is 9.28. The van der Waals surface area contributed by atoms with Gasteiger partial charge in [0.25, 0.3) is 0 Å². The van der Waals surface area contributed by atoms with Crippen LogP contribution in [0.15, 0.2) is 0 Å². The smallest absolute Gasteiger partial charge is 0.152 e. The Morgan fingerprint density at radius 2 is 2.09 bits per heavy atom. The summed E-state index contributed by atoms with van der Waals surface area (Å²) in [5.74, 6) is 0.349. The fourth-order valence-electron chi connectivity index (χ4n) is 0.995. The van der Waals surface area contributed by atoms with Gasteiger partial charge in [-0.15, -0.1) is 0 Å². The molecule has 0 bridgehead atoms. The molecule has 0 spiro atoms. The van der Waals surface area contributed by atoms with Crippen molar-refractivity contribution in [3.05, 3.63) is 0 Å². The predicted octanol–water partition coefficient (Wildman–Crippen LogP) is 0.192. The van der Waals surface area contributed by atoms with Crippen LogP contribution in [0, 0.1) is 5.92 Å². The van der Waals surface area contributed by atoms with Gasteiger partial charge in [-0.1, -0.05) is 6.92 Å². The van der Waals surface area contributed by atoms with Gasteiger partial charge >= 0.3 is 0 Å². The molecule has 0 amide bonds. The summed E-state index contributed by atoms with van der Waals surface area (Å²) in [6, 6.07) is 0. The van der Waals surface area contributed by atoms with Crippen molar-refractivity contribution < 1.29 is 13.5 Å². The number of sulfone groups is 1. The second-order valence-electron chi connectivity index (χ2n) is 3.10. The molecule has 0 aliphatic heterocycles. The molecule has 1 N–H and O–H groups in total. The zero-order valence-electron chi connectivity index (χ0n) is 6.66. The molecule has 3 nitrogen and oxygen atoms in total. The average molecular weight is 178 g/mol. The average Bonchev–Trinajstić information content (AvgIpc) is 2.67. The maximum Gasteiger partial charge on any atom is 0.152 e. The monoisotopic (exact) mass is 178 g/mol. The molecule has 0 aromatic carbocycles. The standard InChI is InChI=1S/C7H14O3S/c1-2-11(9,10)5-7(8)6-3-4-6/h6-8H,2-5H2,1H3. The Morgan fingerprint density at radius 3 is 2.45 bits per heavy atom. The van der Waals surface area contributed by atoms with Gasteiger partial charge in [-0.3, -0.25) is 0 Å². The number of rotatable bonds is 4. The van der Waals surface area contributed by atoms with Gasteiger partial charge in [0.05, 0.1) is 11.9 Å². The first kappa shape index (κ1) is 9.00. The van der Waals surface area contributed by atoms with E-state index in [0.717, 1.165) is 12.8 Å². The van der Waals surface area contributed by atoms with Gasteiger partial charge < -0.3 is 5.11 Å². The normalized spacial score (nSPS) is 21.6. The maximum atomic E-state index is 11.0. The van der Waals surface area contributed by atoms with Gasteiger partial charge in [-0.2, -0.15) is 0 Å². The molecule has 0 heterocycles. The molecule has 0 saturated heterocycles. The Labute approximate surface area is 67.3 Å². The Bertz CT molecular complexity index is 216. The molecule has 1 unspecified atom stereocenters. The summed E-state index contributed by atoms with van der Waals surface area (Å²) in [6.07, 6.45) is 1.36. The second-order valence-corrected chi connectivity index (χ2v) is 5.50. The molecule has 1 rings (SSSR count). The van der Waals surface area contributed by atoms with Gasteiger partial charge in [0.15, 0.2) is 9.84 Å². The molecule has 1 aliphatic rings. The Hall–Kier alpha value is -0.0900. The van der Waals surface area contributed by atoms with Crippen LogP contribution in [0.1, 0.15) is 19.8 Å². The first-order chi connectivity index (χ1) is 5.05. The van der Waals surface area contributed by atoms with E-state index < -0.39 is 15.9 Å². The largest absolute Gasteiger partial charge is 0.392 e. The van der Waals surface area contributed by atoms with Crippen molar-refractivity contribution in [3.63, 3.8) is 0 Å². The molecule has 66 valence electrons. The van der Waals surface area contributed by atoms with Crippen LogP contribution in [0.25, 0.3) is 0 Å².